The van der Waals surface area contributed by atoms with Gasteiger partial charge >= 0.3 is 0 Å². The van der Waals surface area contributed by atoms with Crippen LogP contribution in [0.2, 0.25) is 0 Å². The fraction of sp³-hybridized carbons (Fsp3) is 0.0588. The van der Waals surface area contributed by atoms with Crippen LogP contribution in [-0.2, 0) is 0 Å². The summed E-state index contributed by atoms with van der Waals surface area (Å²) in [7, 11) is 1.52. The number of rotatable bonds is 3. The number of methoxy groups -OCH3 is 1. The Morgan fingerprint density at radius 2 is 2.05 bits per heavy atom. The molecule has 4 heteroatoms. The lowest BCUT2D eigenvalue weighted by Gasteiger charge is -2.10. The molecular formula is C17H14N2O2. The van der Waals surface area contributed by atoms with Crippen LogP contribution in [0.4, 0.5) is 0 Å². The van der Waals surface area contributed by atoms with Gasteiger partial charge in [0.15, 0.2) is 0 Å². The molecule has 0 unspecified atom stereocenters. The first-order chi connectivity index (χ1) is 10.2. The van der Waals surface area contributed by atoms with Crippen molar-refractivity contribution in [1.29, 1.82) is 0 Å². The van der Waals surface area contributed by atoms with Gasteiger partial charge in [-0.3, -0.25) is 9.78 Å². The molecule has 2 N–H and O–H groups in total. The minimum atomic E-state index is -0.504. The predicted molar refractivity (Wildman–Crippen MR) is 82.2 cm³/mol. The SMILES string of the molecule is COc1ccc(-c2cccc3cnccc23)cc1C(N)=O. The Morgan fingerprint density at radius 1 is 1.19 bits per heavy atom. The maximum Gasteiger partial charge on any atom is 0.252 e. The van der Waals surface area contributed by atoms with Gasteiger partial charge in [-0.05, 0) is 34.7 Å². The molecule has 0 radical (unpaired) electrons. The molecular weight excluding hydrogens is 264 g/mol. The van der Waals surface area contributed by atoms with Gasteiger partial charge in [0.2, 0.25) is 0 Å². The number of nitrogens with two attached hydrogens (primary N) is 1. The Hall–Kier alpha value is -2.88. The molecule has 0 aliphatic rings. The molecule has 0 fully saturated rings. The second-order valence-corrected chi connectivity index (χ2v) is 4.68. The lowest BCUT2D eigenvalue weighted by atomic mass is 9.97. The van der Waals surface area contributed by atoms with Crippen molar-refractivity contribution in [3.8, 4) is 16.9 Å². The van der Waals surface area contributed by atoms with E-state index in [0.29, 0.717) is 11.3 Å². The third-order valence-corrected chi connectivity index (χ3v) is 3.46. The van der Waals surface area contributed by atoms with E-state index in [9.17, 15) is 4.79 Å². The van der Waals surface area contributed by atoms with Gasteiger partial charge in [0.1, 0.15) is 5.75 Å². The van der Waals surface area contributed by atoms with E-state index in [1.807, 2.05) is 36.5 Å². The largest absolute Gasteiger partial charge is 0.496 e. The van der Waals surface area contributed by atoms with Crippen LogP contribution in [0.3, 0.4) is 0 Å². The second-order valence-electron chi connectivity index (χ2n) is 4.68. The van der Waals surface area contributed by atoms with Crippen LogP contribution < -0.4 is 10.5 Å². The monoisotopic (exact) mass is 278 g/mol. The number of fused-ring (bicyclic) bond motifs is 1. The molecule has 3 aromatic rings. The Bertz CT molecular complexity index is 823. The zero-order chi connectivity index (χ0) is 14.8. The quantitative estimate of drug-likeness (QED) is 0.801. The number of pyridine rings is 1. The molecule has 0 saturated heterocycles. The molecule has 0 aliphatic carbocycles. The van der Waals surface area contributed by atoms with Crippen LogP contribution in [0.25, 0.3) is 21.9 Å². The van der Waals surface area contributed by atoms with E-state index in [2.05, 4.69) is 4.98 Å². The van der Waals surface area contributed by atoms with Crippen LogP contribution in [0, 0.1) is 0 Å². The highest BCUT2D eigenvalue weighted by Crippen LogP contribution is 2.31. The van der Waals surface area contributed by atoms with Crippen LogP contribution >= 0.6 is 0 Å². The third kappa shape index (κ3) is 2.31. The molecule has 2 aromatic carbocycles. The van der Waals surface area contributed by atoms with Gasteiger partial charge in [-0.15, -0.1) is 0 Å². The lowest BCUT2D eigenvalue weighted by Crippen LogP contribution is -2.12. The van der Waals surface area contributed by atoms with Crippen LogP contribution in [0.5, 0.6) is 5.75 Å². The van der Waals surface area contributed by atoms with Crippen molar-refractivity contribution in [2.75, 3.05) is 7.11 Å². The van der Waals surface area contributed by atoms with Crippen LogP contribution in [0.15, 0.2) is 54.9 Å². The number of hydrogen-bond donors (Lipinski definition) is 1. The number of benzene rings is 2. The first-order valence-corrected chi connectivity index (χ1v) is 6.51. The summed E-state index contributed by atoms with van der Waals surface area (Å²) in [5.41, 5.74) is 7.74. The van der Waals surface area contributed by atoms with Gasteiger partial charge in [-0.2, -0.15) is 0 Å². The molecule has 1 amide bonds. The van der Waals surface area contributed by atoms with Gasteiger partial charge in [0, 0.05) is 17.8 Å². The topological polar surface area (TPSA) is 65.2 Å². The number of hydrogen-bond acceptors (Lipinski definition) is 3. The van der Waals surface area contributed by atoms with Crippen molar-refractivity contribution in [3.05, 3.63) is 60.4 Å². The summed E-state index contributed by atoms with van der Waals surface area (Å²) in [5.74, 6) is -0.0243. The number of carbonyl (C=O) groups is 1. The zero-order valence-electron chi connectivity index (χ0n) is 11.5. The average Bonchev–Trinajstić information content (AvgIpc) is 2.53. The lowest BCUT2D eigenvalue weighted by molar-refractivity contribution is 0.0997. The van der Waals surface area contributed by atoms with Crippen LogP contribution in [0.1, 0.15) is 10.4 Å². The number of nitrogens with zero attached hydrogens (tertiary/aromatic N) is 1. The molecule has 0 saturated carbocycles. The maximum atomic E-state index is 11.6. The number of carbonyl (C=O) groups excluding carboxylic acids is 1. The Kier molecular flexibility index (Phi) is 3.28. The summed E-state index contributed by atoms with van der Waals surface area (Å²) in [6, 6.07) is 13.4. The second kappa shape index (κ2) is 5.25. The minimum Gasteiger partial charge on any atom is -0.496 e. The van der Waals surface area contributed by atoms with E-state index in [-0.39, 0.29) is 0 Å². The number of primary amides is 1. The standard InChI is InChI=1S/C17H14N2O2/c1-21-16-6-5-11(9-15(16)17(18)20)13-4-2-3-12-10-19-8-7-14(12)13/h2-10H,1H3,(H2,18,20). The molecule has 0 aliphatic heterocycles. The molecule has 3 rings (SSSR count). The summed E-state index contributed by atoms with van der Waals surface area (Å²) >= 11 is 0. The Morgan fingerprint density at radius 3 is 2.81 bits per heavy atom. The molecule has 21 heavy (non-hydrogen) atoms. The normalized spacial score (nSPS) is 10.5. The van der Waals surface area contributed by atoms with Crippen molar-refractivity contribution in [1.82, 2.24) is 4.98 Å². The third-order valence-electron chi connectivity index (χ3n) is 3.46. The molecule has 1 aromatic heterocycles. The Labute approximate surface area is 122 Å². The van der Waals surface area contributed by atoms with E-state index in [1.54, 1.807) is 18.3 Å². The zero-order valence-corrected chi connectivity index (χ0v) is 11.5. The predicted octanol–water partition coefficient (Wildman–Crippen LogP) is 3.01. The summed E-state index contributed by atoms with van der Waals surface area (Å²) in [6.45, 7) is 0. The summed E-state index contributed by atoms with van der Waals surface area (Å²) < 4.78 is 5.17. The van der Waals surface area contributed by atoms with Crippen LogP contribution in [-0.4, -0.2) is 18.0 Å². The minimum absolute atomic E-state index is 0.376. The molecule has 0 atom stereocenters. The molecule has 4 nitrogen and oxygen atoms in total. The Balaban J connectivity index is 2.24. The van der Waals surface area contributed by atoms with Gasteiger partial charge in [0.25, 0.3) is 5.91 Å². The van der Waals surface area contributed by atoms with Gasteiger partial charge < -0.3 is 10.5 Å². The van der Waals surface area contributed by atoms with E-state index in [0.717, 1.165) is 21.9 Å². The van der Waals surface area contributed by atoms with Gasteiger partial charge in [0.05, 0.1) is 12.7 Å². The smallest absolute Gasteiger partial charge is 0.252 e. The van der Waals surface area contributed by atoms with Crippen molar-refractivity contribution in [3.63, 3.8) is 0 Å². The highest BCUT2D eigenvalue weighted by Gasteiger charge is 2.12. The van der Waals surface area contributed by atoms with Crippen molar-refractivity contribution >= 4 is 16.7 Å². The van der Waals surface area contributed by atoms with E-state index < -0.39 is 5.91 Å². The number of aromatic nitrogens is 1. The summed E-state index contributed by atoms with van der Waals surface area (Å²) in [4.78, 5) is 15.7. The number of amides is 1. The number of ether oxygens (including phenoxy) is 1. The molecule has 0 spiro atoms. The van der Waals surface area contributed by atoms with E-state index >= 15 is 0 Å². The molecule has 1 heterocycles. The first kappa shape index (κ1) is 13.1. The fourth-order valence-corrected chi connectivity index (χ4v) is 2.44. The highest BCUT2D eigenvalue weighted by atomic mass is 16.5. The fourth-order valence-electron chi connectivity index (χ4n) is 2.44. The average molecular weight is 278 g/mol. The van der Waals surface area contributed by atoms with Crippen molar-refractivity contribution in [2.24, 2.45) is 5.73 Å². The highest BCUT2D eigenvalue weighted by molar-refractivity contribution is 6.00. The van der Waals surface area contributed by atoms with E-state index in [4.69, 9.17) is 10.5 Å². The summed E-state index contributed by atoms with van der Waals surface area (Å²) in [5, 5.41) is 2.12. The summed E-state index contributed by atoms with van der Waals surface area (Å²) in [6.07, 6.45) is 3.57. The molecule has 0 bridgehead atoms. The van der Waals surface area contributed by atoms with Gasteiger partial charge in [-0.25, -0.2) is 0 Å². The van der Waals surface area contributed by atoms with Gasteiger partial charge in [-0.1, -0.05) is 24.3 Å². The van der Waals surface area contributed by atoms with Crippen molar-refractivity contribution in [2.45, 2.75) is 0 Å². The van der Waals surface area contributed by atoms with Crippen molar-refractivity contribution < 1.29 is 9.53 Å². The molecule has 104 valence electrons. The van der Waals surface area contributed by atoms with E-state index in [1.165, 1.54) is 7.11 Å². The first-order valence-electron chi connectivity index (χ1n) is 6.51. The maximum absolute atomic E-state index is 11.6.